The largest absolute Gasteiger partial charge is 0.489 e. The second-order valence-electron chi connectivity index (χ2n) is 5.84. The van der Waals surface area contributed by atoms with Crippen molar-refractivity contribution in [3.63, 3.8) is 0 Å². The highest BCUT2D eigenvalue weighted by Gasteiger charge is 2.05. The van der Waals surface area contributed by atoms with Crippen molar-refractivity contribution >= 4 is 33.5 Å². The molecule has 0 aliphatic rings. The number of hydrogen-bond donors (Lipinski definition) is 0. The number of aromatic nitrogens is 2. The summed E-state index contributed by atoms with van der Waals surface area (Å²) in [7, 11) is 0. The van der Waals surface area contributed by atoms with Gasteiger partial charge in [0, 0.05) is 20.7 Å². The van der Waals surface area contributed by atoms with Gasteiger partial charge in [0.2, 0.25) is 0 Å². The van der Waals surface area contributed by atoms with E-state index in [0.717, 1.165) is 25.6 Å². The van der Waals surface area contributed by atoms with Crippen LogP contribution in [-0.2, 0) is 6.61 Å². The Labute approximate surface area is 164 Å². The summed E-state index contributed by atoms with van der Waals surface area (Å²) in [4.78, 5) is 9.08. The van der Waals surface area contributed by atoms with E-state index in [1.165, 1.54) is 12.1 Å². The Morgan fingerprint density at radius 1 is 0.962 bits per heavy atom. The number of benzene rings is 3. The molecule has 0 radical (unpaired) electrons. The maximum absolute atomic E-state index is 13.2. The molecule has 4 aromatic rings. The summed E-state index contributed by atoms with van der Waals surface area (Å²) in [6.07, 6.45) is 1.84. The van der Waals surface area contributed by atoms with Crippen LogP contribution in [0.1, 0.15) is 5.56 Å². The lowest BCUT2D eigenvalue weighted by molar-refractivity contribution is 0.305. The van der Waals surface area contributed by atoms with Crippen LogP contribution in [0.15, 0.2) is 72.9 Å². The standard InChI is InChI=1S/C21H14FIN2O/c22-17-3-1-2-14(10-17)13-26-19-7-4-15(5-8-19)21-24-12-16-11-18(23)6-9-20(16)25-21/h1-12H,13H2. The smallest absolute Gasteiger partial charge is 0.159 e. The monoisotopic (exact) mass is 456 g/mol. The first kappa shape index (κ1) is 16.9. The Morgan fingerprint density at radius 2 is 1.81 bits per heavy atom. The molecular weight excluding hydrogens is 442 g/mol. The summed E-state index contributed by atoms with van der Waals surface area (Å²) in [5.41, 5.74) is 2.63. The maximum Gasteiger partial charge on any atom is 0.159 e. The van der Waals surface area contributed by atoms with Crippen LogP contribution in [0, 0.1) is 9.39 Å². The van der Waals surface area contributed by atoms with Gasteiger partial charge in [-0.1, -0.05) is 12.1 Å². The van der Waals surface area contributed by atoms with Gasteiger partial charge in [-0.2, -0.15) is 0 Å². The molecule has 0 atom stereocenters. The Hall–Kier alpha value is -2.54. The predicted molar refractivity (Wildman–Crippen MR) is 108 cm³/mol. The second-order valence-corrected chi connectivity index (χ2v) is 7.09. The van der Waals surface area contributed by atoms with Gasteiger partial charge in [0.15, 0.2) is 5.82 Å². The Morgan fingerprint density at radius 3 is 2.62 bits per heavy atom. The van der Waals surface area contributed by atoms with Gasteiger partial charge in [0.1, 0.15) is 18.2 Å². The Kier molecular flexibility index (Phi) is 4.79. The molecule has 26 heavy (non-hydrogen) atoms. The van der Waals surface area contributed by atoms with Crippen LogP contribution >= 0.6 is 22.6 Å². The SMILES string of the molecule is Fc1cccc(COc2ccc(-c3ncc4cc(I)ccc4n3)cc2)c1. The highest BCUT2D eigenvalue weighted by atomic mass is 127. The number of rotatable bonds is 4. The molecule has 3 aromatic carbocycles. The van der Waals surface area contributed by atoms with Crippen LogP contribution in [0.3, 0.4) is 0 Å². The number of ether oxygens (including phenoxy) is 1. The topological polar surface area (TPSA) is 35.0 Å². The fourth-order valence-corrected chi connectivity index (χ4v) is 3.15. The third-order valence-electron chi connectivity index (χ3n) is 3.95. The van der Waals surface area contributed by atoms with Crippen LogP contribution < -0.4 is 4.74 Å². The van der Waals surface area contributed by atoms with Crippen molar-refractivity contribution in [3.05, 3.63) is 87.9 Å². The molecule has 0 spiro atoms. The quantitative estimate of drug-likeness (QED) is 0.374. The highest BCUT2D eigenvalue weighted by molar-refractivity contribution is 14.1. The number of hydrogen-bond acceptors (Lipinski definition) is 3. The molecule has 3 nitrogen and oxygen atoms in total. The molecule has 4 rings (SSSR count). The molecule has 1 aromatic heterocycles. The van der Waals surface area contributed by atoms with Crippen molar-refractivity contribution in [2.45, 2.75) is 6.61 Å². The number of fused-ring (bicyclic) bond motifs is 1. The Balaban J connectivity index is 1.51. The molecule has 0 unspecified atom stereocenters. The van der Waals surface area contributed by atoms with Gasteiger partial charge >= 0.3 is 0 Å². The van der Waals surface area contributed by atoms with Crippen molar-refractivity contribution in [2.75, 3.05) is 0 Å². The summed E-state index contributed by atoms with van der Waals surface area (Å²) in [5.74, 6) is 1.13. The normalized spacial score (nSPS) is 10.8. The number of halogens is 2. The minimum atomic E-state index is -0.260. The lowest BCUT2D eigenvalue weighted by atomic mass is 10.2. The zero-order valence-corrected chi connectivity index (χ0v) is 15.9. The van der Waals surface area contributed by atoms with Crippen molar-refractivity contribution in [3.8, 4) is 17.1 Å². The molecule has 0 saturated carbocycles. The lowest BCUT2D eigenvalue weighted by Gasteiger charge is -2.08. The molecule has 0 aliphatic carbocycles. The van der Waals surface area contributed by atoms with E-state index in [2.05, 4.69) is 38.6 Å². The molecule has 0 bridgehead atoms. The molecule has 1 heterocycles. The van der Waals surface area contributed by atoms with Crippen LogP contribution in [0.25, 0.3) is 22.3 Å². The first-order valence-electron chi connectivity index (χ1n) is 8.07. The summed E-state index contributed by atoms with van der Waals surface area (Å²) < 4.78 is 20.1. The van der Waals surface area contributed by atoms with Crippen LogP contribution in [0.2, 0.25) is 0 Å². The molecule has 0 saturated heterocycles. The average Bonchev–Trinajstić information content (AvgIpc) is 2.66. The van der Waals surface area contributed by atoms with Crippen LogP contribution in [-0.4, -0.2) is 9.97 Å². The maximum atomic E-state index is 13.2. The third kappa shape index (κ3) is 3.83. The summed E-state index contributed by atoms with van der Waals surface area (Å²) in [6.45, 7) is 0.322. The van der Waals surface area contributed by atoms with Gasteiger partial charge in [-0.15, -0.1) is 0 Å². The van der Waals surface area contributed by atoms with Crippen molar-refractivity contribution < 1.29 is 9.13 Å². The third-order valence-corrected chi connectivity index (χ3v) is 4.62. The molecule has 0 amide bonds. The minimum absolute atomic E-state index is 0.260. The first-order valence-corrected chi connectivity index (χ1v) is 9.15. The van der Waals surface area contributed by atoms with Gasteiger partial charge in [-0.25, -0.2) is 14.4 Å². The van der Waals surface area contributed by atoms with Crippen molar-refractivity contribution in [1.29, 1.82) is 0 Å². The van der Waals surface area contributed by atoms with E-state index in [1.807, 2.05) is 48.7 Å². The fourth-order valence-electron chi connectivity index (χ4n) is 2.64. The zero-order valence-electron chi connectivity index (χ0n) is 13.7. The minimum Gasteiger partial charge on any atom is -0.489 e. The van der Waals surface area contributed by atoms with Crippen LogP contribution in [0.4, 0.5) is 4.39 Å². The lowest BCUT2D eigenvalue weighted by Crippen LogP contribution is -1.96. The van der Waals surface area contributed by atoms with Crippen molar-refractivity contribution in [2.24, 2.45) is 0 Å². The molecule has 0 fully saturated rings. The van der Waals surface area contributed by atoms with E-state index in [-0.39, 0.29) is 5.82 Å². The van der Waals surface area contributed by atoms with Crippen molar-refractivity contribution in [1.82, 2.24) is 9.97 Å². The molecule has 5 heteroatoms. The van der Waals surface area contributed by atoms with Gasteiger partial charge in [-0.05, 0) is 82.8 Å². The van der Waals surface area contributed by atoms with Crippen LogP contribution in [0.5, 0.6) is 5.75 Å². The number of nitrogens with zero attached hydrogens (tertiary/aromatic N) is 2. The van der Waals surface area contributed by atoms with E-state index in [0.29, 0.717) is 18.2 Å². The zero-order chi connectivity index (χ0) is 17.9. The van der Waals surface area contributed by atoms with Gasteiger partial charge < -0.3 is 4.74 Å². The first-order chi connectivity index (χ1) is 12.7. The van der Waals surface area contributed by atoms with Gasteiger partial charge in [-0.3, -0.25) is 0 Å². The fraction of sp³-hybridized carbons (Fsp3) is 0.0476. The second kappa shape index (κ2) is 7.37. The highest BCUT2D eigenvalue weighted by Crippen LogP contribution is 2.23. The van der Waals surface area contributed by atoms with Gasteiger partial charge in [0.25, 0.3) is 0 Å². The van der Waals surface area contributed by atoms with E-state index in [4.69, 9.17) is 4.74 Å². The predicted octanol–water partition coefficient (Wildman–Crippen LogP) is 5.62. The van der Waals surface area contributed by atoms with E-state index < -0.39 is 0 Å². The van der Waals surface area contributed by atoms with Gasteiger partial charge in [0.05, 0.1) is 5.52 Å². The van der Waals surface area contributed by atoms with E-state index in [9.17, 15) is 4.39 Å². The molecule has 0 N–H and O–H groups in total. The summed E-state index contributed by atoms with van der Waals surface area (Å²) >= 11 is 2.28. The summed E-state index contributed by atoms with van der Waals surface area (Å²) in [6, 6.07) is 20.1. The molecular formula is C21H14FIN2O. The summed E-state index contributed by atoms with van der Waals surface area (Å²) in [5, 5.41) is 1.02. The van der Waals surface area contributed by atoms with E-state index in [1.54, 1.807) is 6.07 Å². The Bertz CT molecular complexity index is 1070. The molecule has 0 aliphatic heterocycles. The van der Waals surface area contributed by atoms with E-state index >= 15 is 0 Å². The average molecular weight is 456 g/mol. The molecule has 128 valence electrons.